The molecule has 3 aromatic rings. The van der Waals surface area contributed by atoms with E-state index in [1.54, 1.807) is 26.1 Å². The number of hydrogen-bond donors (Lipinski definition) is 2. The first-order chi connectivity index (χ1) is 17.4. The van der Waals surface area contributed by atoms with Gasteiger partial charge in [-0.15, -0.1) is 11.3 Å². The average Bonchev–Trinajstić information content (AvgIpc) is 3.26. The number of thiazole rings is 1. The number of carbonyl (C=O) groups is 1. The van der Waals surface area contributed by atoms with E-state index in [-0.39, 0.29) is 11.8 Å². The molecular weight excluding hydrogens is 477 g/mol. The highest BCUT2D eigenvalue weighted by atomic mass is 32.1. The monoisotopic (exact) mass is 511 g/mol. The number of nitrogens with zero attached hydrogens (tertiary/aromatic N) is 3. The molecule has 0 aliphatic carbocycles. The second-order valence-electron chi connectivity index (χ2n) is 9.21. The van der Waals surface area contributed by atoms with Gasteiger partial charge in [-0.05, 0) is 55.7 Å². The zero-order chi connectivity index (χ0) is 25.7. The molecule has 1 fully saturated rings. The molecule has 2 aromatic carbocycles. The molecule has 9 heteroatoms. The molecule has 0 unspecified atom stereocenters. The lowest BCUT2D eigenvalue weighted by Crippen LogP contribution is -2.48. The lowest BCUT2D eigenvalue weighted by Gasteiger charge is -2.38. The molecule has 2 atom stereocenters. The number of aryl methyl sites for hydroxylation is 1. The van der Waals surface area contributed by atoms with Crippen molar-refractivity contribution in [3.63, 3.8) is 0 Å². The number of nitrogens with one attached hydrogen (secondary N) is 2. The van der Waals surface area contributed by atoms with Crippen LogP contribution in [0.5, 0.6) is 0 Å². The second kappa shape index (κ2) is 11.8. The fraction of sp³-hybridized carbons (Fsp3) is 0.407. The molecule has 2 amide bonds. The van der Waals surface area contributed by atoms with Crippen molar-refractivity contribution < 1.29 is 13.9 Å². The van der Waals surface area contributed by atoms with E-state index < -0.39 is 0 Å². The molecule has 192 valence electrons. The number of urea groups is 1. The molecule has 7 nitrogen and oxygen atoms in total. The normalized spacial score (nSPS) is 18.9. The minimum Gasteiger partial charge on any atom is -0.378 e. The summed E-state index contributed by atoms with van der Waals surface area (Å²) in [5.41, 5.74) is 4.61. The van der Waals surface area contributed by atoms with E-state index >= 15 is 0 Å². The summed E-state index contributed by atoms with van der Waals surface area (Å²) in [7, 11) is 1.59. The van der Waals surface area contributed by atoms with Gasteiger partial charge in [-0.2, -0.15) is 0 Å². The SMILES string of the molecule is CNC(=O)NCCn1c(-c2ccc(CN3[C@@H](C)COC[C@@H]3C)cc2)csc1=Nc1ccc(F)c(C)c1. The molecule has 4 rings (SSSR count). The average molecular weight is 512 g/mol. The molecule has 1 aliphatic heterocycles. The van der Waals surface area contributed by atoms with E-state index in [2.05, 4.69) is 63.6 Å². The van der Waals surface area contributed by atoms with Crippen LogP contribution in [0.3, 0.4) is 0 Å². The number of morpholine rings is 1. The highest BCUT2D eigenvalue weighted by molar-refractivity contribution is 7.07. The number of aromatic nitrogens is 1. The zero-order valence-corrected chi connectivity index (χ0v) is 22.1. The van der Waals surface area contributed by atoms with E-state index in [1.807, 2.05) is 0 Å². The quantitative estimate of drug-likeness (QED) is 0.493. The number of rotatable bonds is 7. The smallest absolute Gasteiger partial charge is 0.314 e. The van der Waals surface area contributed by atoms with Crippen molar-refractivity contribution in [2.24, 2.45) is 4.99 Å². The summed E-state index contributed by atoms with van der Waals surface area (Å²) in [6.45, 7) is 9.56. The predicted molar refractivity (Wildman–Crippen MR) is 142 cm³/mol. The second-order valence-corrected chi connectivity index (χ2v) is 10.0. The van der Waals surface area contributed by atoms with Crippen molar-refractivity contribution in [2.45, 2.75) is 45.9 Å². The van der Waals surface area contributed by atoms with Crippen molar-refractivity contribution in [1.82, 2.24) is 20.1 Å². The summed E-state index contributed by atoms with van der Waals surface area (Å²) in [4.78, 5) is 19.7. The van der Waals surface area contributed by atoms with E-state index in [1.165, 1.54) is 23.0 Å². The Morgan fingerprint density at radius 1 is 1.17 bits per heavy atom. The molecule has 2 heterocycles. The largest absolute Gasteiger partial charge is 0.378 e. The van der Waals surface area contributed by atoms with Crippen LogP contribution < -0.4 is 15.4 Å². The van der Waals surface area contributed by atoms with E-state index in [0.717, 1.165) is 35.8 Å². The van der Waals surface area contributed by atoms with Gasteiger partial charge in [0.05, 0.1) is 24.6 Å². The molecule has 2 N–H and O–H groups in total. The lowest BCUT2D eigenvalue weighted by molar-refractivity contribution is -0.0409. The van der Waals surface area contributed by atoms with Gasteiger partial charge in [0.15, 0.2) is 4.80 Å². The van der Waals surface area contributed by atoms with Crippen molar-refractivity contribution in [1.29, 1.82) is 0 Å². The maximum absolute atomic E-state index is 13.7. The molecule has 1 aromatic heterocycles. The zero-order valence-electron chi connectivity index (χ0n) is 21.3. The van der Waals surface area contributed by atoms with Gasteiger partial charge >= 0.3 is 6.03 Å². The molecule has 0 saturated carbocycles. The van der Waals surface area contributed by atoms with Crippen LogP contribution in [-0.4, -0.2) is 54.4 Å². The maximum atomic E-state index is 13.7. The first-order valence-electron chi connectivity index (χ1n) is 12.2. The molecule has 1 aliphatic rings. The Morgan fingerprint density at radius 2 is 1.89 bits per heavy atom. The number of halogens is 1. The van der Waals surface area contributed by atoms with E-state index in [9.17, 15) is 9.18 Å². The topological polar surface area (TPSA) is 70.9 Å². The van der Waals surface area contributed by atoms with Crippen molar-refractivity contribution >= 4 is 23.1 Å². The van der Waals surface area contributed by atoms with Gasteiger partial charge in [-0.1, -0.05) is 24.3 Å². The standard InChI is InChI=1S/C27H34FN5O2S/c1-18-13-23(9-10-24(18)28)31-27-32(12-11-30-26(34)29-4)25(17-36-27)22-7-5-21(6-8-22)14-33-19(2)15-35-16-20(33)3/h5-10,13,17,19-20H,11-12,14-16H2,1-4H3,(H2,29,30,34)/t19-,20-/m0/s1. The Bertz CT molecular complexity index is 1240. The van der Waals surface area contributed by atoms with Crippen molar-refractivity contribution in [2.75, 3.05) is 26.8 Å². The molecule has 0 bridgehead atoms. The van der Waals surface area contributed by atoms with E-state index in [0.29, 0.717) is 36.4 Å². The first-order valence-corrected chi connectivity index (χ1v) is 13.1. The molecule has 1 saturated heterocycles. The van der Waals surface area contributed by atoms with Gasteiger partial charge in [-0.3, -0.25) is 4.90 Å². The van der Waals surface area contributed by atoms with Crippen LogP contribution in [0.2, 0.25) is 0 Å². The number of ether oxygens (including phenoxy) is 1. The molecule has 36 heavy (non-hydrogen) atoms. The molecule has 0 radical (unpaired) electrons. The van der Waals surface area contributed by atoms with Gasteiger partial charge in [-0.25, -0.2) is 14.2 Å². The lowest BCUT2D eigenvalue weighted by atomic mass is 10.1. The fourth-order valence-electron chi connectivity index (χ4n) is 4.38. The number of benzene rings is 2. The summed E-state index contributed by atoms with van der Waals surface area (Å²) in [6.07, 6.45) is 0. The Labute approximate surface area is 215 Å². The highest BCUT2D eigenvalue weighted by Gasteiger charge is 2.25. The fourth-order valence-corrected chi connectivity index (χ4v) is 5.34. The Kier molecular flexibility index (Phi) is 8.56. The third kappa shape index (κ3) is 6.21. The third-order valence-corrected chi connectivity index (χ3v) is 7.34. The summed E-state index contributed by atoms with van der Waals surface area (Å²) in [5.74, 6) is -0.246. The van der Waals surface area contributed by atoms with E-state index in [4.69, 9.17) is 9.73 Å². The molecule has 0 spiro atoms. The van der Waals surface area contributed by atoms with Crippen LogP contribution >= 0.6 is 11.3 Å². The van der Waals surface area contributed by atoms with Crippen LogP contribution in [0.1, 0.15) is 25.0 Å². The Balaban J connectivity index is 1.61. The summed E-state index contributed by atoms with van der Waals surface area (Å²) >= 11 is 1.53. The van der Waals surface area contributed by atoms with Crippen LogP contribution in [0.4, 0.5) is 14.9 Å². The van der Waals surface area contributed by atoms with Gasteiger partial charge in [0.25, 0.3) is 0 Å². The van der Waals surface area contributed by atoms with Crippen molar-refractivity contribution in [3.8, 4) is 11.3 Å². The Hall–Kier alpha value is -3.01. The maximum Gasteiger partial charge on any atom is 0.314 e. The van der Waals surface area contributed by atoms with Crippen LogP contribution in [0.25, 0.3) is 11.3 Å². The highest BCUT2D eigenvalue weighted by Crippen LogP contribution is 2.24. The summed E-state index contributed by atoms with van der Waals surface area (Å²) in [6, 6.07) is 14.0. The van der Waals surface area contributed by atoms with Gasteiger partial charge < -0.3 is 19.9 Å². The van der Waals surface area contributed by atoms with Crippen LogP contribution in [-0.2, 0) is 17.8 Å². The minimum absolute atomic E-state index is 0.226. The predicted octanol–water partition coefficient (Wildman–Crippen LogP) is 4.43. The number of amides is 2. The summed E-state index contributed by atoms with van der Waals surface area (Å²) in [5, 5.41) is 7.50. The van der Waals surface area contributed by atoms with Crippen molar-refractivity contribution in [3.05, 3.63) is 69.6 Å². The summed E-state index contributed by atoms with van der Waals surface area (Å²) < 4.78 is 21.5. The Morgan fingerprint density at radius 3 is 2.56 bits per heavy atom. The molecular formula is C27H34FN5O2S. The number of carbonyl (C=O) groups excluding carboxylic acids is 1. The number of hydrogen-bond acceptors (Lipinski definition) is 5. The first kappa shape index (κ1) is 26.1. The van der Waals surface area contributed by atoms with Crippen LogP contribution in [0.15, 0.2) is 52.8 Å². The third-order valence-electron chi connectivity index (χ3n) is 6.48. The van der Waals surface area contributed by atoms with Gasteiger partial charge in [0.1, 0.15) is 5.82 Å². The minimum atomic E-state index is -0.246. The van der Waals surface area contributed by atoms with Gasteiger partial charge in [0.2, 0.25) is 0 Å². The van der Waals surface area contributed by atoms with Crippen LogP contribution in [0, 0.1) is 12.7 Å². The van der Waals surface area contributed by atoms with Gasteiger partial charge in [0, 0.05) is 44.1 Å².